The fraction of sp³-hybridized carbons (Fsp3) is 0.300. The number of hydrogen-bond acceptors (Lipinski definition) is 4. The standard InChI is InChI=1S/C20H23N3O3/c1-26-15-9-10-18(16(11-15)20(25)22-14-7-8-14)23-19(24)12-17(21)13-5-3-2-4-6-13/h2-6,9-11,14,17H,7-8,12,21H2,1H3,(H,22,25)(H,23,24). The highest BCUT2D eigenvalue weighted by molar-refractivity contribution is 6.04. The summed E-state index contributed by atoms with van der Waals surface area (Å²) in [5.74, 6) is 0.103. The molecule has 6 nitrogen and oxygen atoms in total. The molecular formula is C20H23N3O3. The molecule has 0 bridgehead atoms. The third-order valence-corrected chi connectivity index (χ3v) is 4.29. The summed E-state index contributed by atoms with van der Waals surface area (Å²) in [6.45, 7) is 0. The Hall–Kier alpha value is -2.86. The molecule has 1 aliphatic carbocycles. The molecule has 1 aliphatic rings. The van der Waals surface area contributed by atoms with Gasteiger partial charge in [0.1, 0.15) is 5.75 Å². The van der Waals surface area contributed by atoms with Crippen LogP contribution in [0.25, 0.3) is 0 Å². The molecule has 2 aromatic carbocycles. The number of nitrogens with two attached hydrogens (primary N) is 1. The van der Waals surface area contributed by atoms with Gasteiger partial charge in [0.05, 0.1) is 18.4 Å². The van der Waals surface area contributed by atoms with Crippen LogP contribution in [-0.2, 0) is 4.79 Å². The summed E-state index contributed by atoms with van der Waals surface area (Å²) in [6, 6.07) is 14.3. The van der Waals surface area contributed by atoms with Crippen molar-refractivity contribution in [1.29, 1.82) is 0 Å². The highest BCUT2D eigenvalue weighted by atomic mass is 16.5. The lowest BCUT2D eigenvalue weighted by molar-refractivity contribution is -0.116. The molecule has 0 aliphatic heterocycles. The summed E-state index contributed by atoms with van der Waals surface area (Å²) in [5.41, 5.74) is 7.84. The first-order valence-corrected chi connectivity index (χ1v) is 8.66. The van der Waals surface area contributed by atoms with Gasteiger partial charge in [0.25, 0.3) is 5.91 Å². The summed E-state index contributed by atoms with van der Waals surface area (Å²) in [5, 5.41) is 5.73. The first kappa shape index (κ1) is 17.9. The molecule has 26 heavy (non-hydrogen) atoms. The van der Waals surface area contributed by atoms with Crippen LogP contribution in [0, 0.1) is 0 Å². The van der Waals surface area contributed by atoms with E-state index in [4.69, 9.17) is 10.5 Å². The van der Waals surface area contributed by atoms with E-state index in [0.29, 0.717) is 17.0 Å². The van der Waals surface area contributed by atoms with Gasteiger partial charge in [-0.2, -0.15) is 0 Å². The van der Waals surface area contributed by atoms with Crippen molar-refractivity contribution in [2.75, 3.05) is 12.4 Å². The topological polar surface area (TPSA) is 93.4 Å². The van der Waals surface area contributed by atoms with Crippen LogP contribution in [0.15, 0.2) is 48.5 Å². The predicted octanol–water partition coefficient (Wildman–Crippen LogP) is 2.62. The van der Waals surface area contributed by atoms with Crippen molar-refractivity contribution in [3.63, 3.8) is 0 Å². The smallest absolute Gasteiger partial charge is 0.253 e. The van der Waals surface area contributed by atoms with Crippen LogP contribution in [0.3, 0.4) is 0 Å². The van der Waals surface area contributed by atoms with Gasteiger partial charge in [-0.05, 0) is 36.6 Å². The number of nitrogens with one attached hydrogen (secondary N) is 2. The SMILES string of the molecule is COc1ccc(NC(=O)CC(N)c2ccccc2)c(C(=O)NC2CC2)c1. The van der Waals surface area contributed by atoms with Crippen molar-refractivity contribution in [3.05, 3.63) is 59.7 Å². The Labute approximate surface area is 152 Å². The molecule has 136 valence electrons. The zero-order chi connectivity index (χ0) is 18.5. The second-order valence-corrected chi connectivity index (χ2v) is 6.43. The number of amides is 2. The van der Waals surface area contributed by atoms with E-state index in [2.05, 4.69) is 10.6 Å². The lowest BCUT2D eigenvalue weighted by Crippen LogP contribution is -2.27. The summed E-state index contributed by atoms with van der Waals surface area (Å²) in [4.78, 5) is 24.9. The first-order valence-electron chi connectivity index (χ1n) is 8.66. The molecule has 6 heteroatoms. The molecule has 1 saturated carbocycles. The number of carbonyl (C=O) groups is 2. The van der Waals surface area contributed by atoms with Crippen LogP contribution >= 0.6 is 0 Å². The van der Waals surface area contributed by atoms with E-state index in [0.717, 1.165) is 18.4 Å². The van der Waals surface area contributed by atoms with Gasteiger partial charge >= 0.3 is 0 Å². The van der Waals surface area contributed by atoms with Crippen molar-refractivity contribution in [2.45, 2.75) is 31.3 Å². The molecule has 0 aromatic heterocycles. The van der Waals surface area contributed by atoms with Crippen LogP contribution in [0.1, 0.15) is 41.2 Å². The minimum Gasteiger partial charge on any atom is -0.497 e. The highest BCUT2D eigenvalue weighted by Gasteiger charge is 2.25. The summed E-state index contributed by atoms with van der Waals surface area (Å²) in [7, 11) is 1.54. The monoisotopic (exact) mass is 353 g/mol. The summed E-state index contributed by atoms with van der Waals surface area (Å²) < 4.78 is 5.20. The van der Waals surface area contributed by atoms with E-state index in [1.165, 1.54) is 7.11 Å². The molecule has 2 amide bonds. The van der Waals surface area contributed by atoms with E-state index < -0.39 is 6.04 Å². The highest BCUT2D eigenvalue weighted by Crippen LogP contribution is 2.25. The molecule has 1 unspecified atom stereocenters. The zero-order valence-corrected chi connectivity index (χ0v) is 14.7. The maximum absolute atomic E-state index is 12.5. The van der Waals surface area contributed by atoms with Crippen molar-refractivity contribution >= 4 is 17.5 Å². The normalized spacial score (nSPS) is 14.4. The maximum Gasteiger partial charge on any atom is 0.253 e. The number of rotatable bonds is 7. The fourth-order valence-electron chi connectivity index (χ4n) is 2.66. The molecule has 0 heterocycles. The molecule has 1 atom stereocenters. The Morgan fingerprint density at radius 1 is 1.19 bits per heavy atom. The summed E-state index contributed by atoms with van der Waals surface area (Å²) >= 11 is 0. The van der Waals surface area contributed by atoms with Crippen LogP contribution in [0.5, 0.6) is 5.75 Å². The second kappa shape index (κ2) is 8.01. The van der Waals surface area contributed by atoms with Crippen molar-refractivity contribution < 1.29 is 14.3 Å². The summed E-state index contributed by atoms with van der Waals surface area (Å²) in [6.07, 6.45) is 2.10. The lowest BCUT2D eigenvalue weighted by atomic mass is 10.0. The van der Waals surface area contributed by atoms with Gasteiger partial charge in [-0.1, -0.05) is 30.3 Å². The van der Waals surface area contributed by atoms with Crippen LogP contribution in [0.4, 0.5) is 5.69 Å². The van der Waals surface area contributed by atoms with E-state index >= 15 is 0 Å². The van der Waals surface area contributed by atoms with Gasteiger partial charge in [0, 0.05) is 18.5 Å². The predicted molar refractivity (Wildman–Crippen MR) is 100 cm³/mol. The van der Waals surface area contributed by atoms with Gasteiger partial charge in [0.15, 0.2) is 0 Å². The second-order valence-electron chi connectivity index (χ2n) is 6.43. The number of anilines is 1. The quantitative estimate of drug-likeness (QED) is 0.713. The van der Waals surface area contributed by atoms with Crippen molar-refractivity contribution in [1.82, 2.24) is 5.32 Å². The molecule has 0 spiro atoms. The fourth-order valence-corrected chi connectivity index (χ4v) is 2.66. The van der Waals surface area contributed by atoms with E-state index in [1.54, 1.807) is 18.2 Å². The molecule has 2 aromatic rings. The van der Waals surface area contributed by atoms with Gasteiger partial charge in [0.2, 0.25) is 5.91 Å². The van der Waals surface area contributed by atoms with Gasteiger partial charge in [-0.15, -0.1) is 0 Å². The van der Waals surface area contributed by atoms with E-state index in [-0.39, 0.29) is 24.3 Å². The lowest BCUT2D eigenvalue weighted by Gasteiger charge is -2.15. The number of ether oxygens (including phenoxy) is 1. The Morgan fingerprint density at radius 2 is 1.92 bits per heavy atom. The molecule has 3 rings (SSSR count). The molecular weight excluding hydrogens is 330 g/mol. The molecule has 0 saturated heterocycles. The van der Waals surface area contributed by atoms with Crippen molar-refractivity contribution in [2.24, 2.45) is 5.73 Å². The Kier molecular flexibility index (Phi) is 5.53. The molecule has 4 N–H and O–H groups in total. The van der Waals surface area contributed by atoms with E-state index in [9.17, 15) is 9.59 Å². The zero-order valence-electron chi connectivity index (χ0n) is 14.7. The van der Waals surface area contributed by atoms with Gasteiger partial charge in [-0.25, -0.2) is 0 Å². The maximum atomic E-state index is 12.5. The largest absolute Gasteiger partial charge is 0.497 e. The minimum absolute atomic E-state index is 0.125. The van der Waals surface area contributed by atoms with Gasteiger partial charge in [-0.3, -0.25) is 9.59 Å². The third kappa shape index (κ3) is 4.61. The number of hydrogen-bond donors (Lipinski definition) is 3. The van der Waals surface area contributed by atoms with Crippen LogP contribution < -0.4 is 21.1 Å². The molecule has 0 radical (unpaired) electrons. The number of carbonyl (C=O) groups excluding carboxylic acids is 2. The first-order chi connectivity index (χ1) is 12.6. The Balaban J connectivity index is 1.71. The average Bonchev–Trinajstić information content (AvgIpc) is 3.46. The van der Waals surface area contributed by atoms with Crippen LogP contribution in [-0.4, -0.2) is 25.0 Å². The average molecular weight is 353 g/mol. The van der Waals surface area contributed by atoms with E-state index in [1.807, 2.05) is 30.3 Å². The Morgan fingerprint density at radius 3 is 2.58 bits per heavy atom. The van der Waals surface area contributed by atoms with Crippen LogP contribution in [0.2, 0.25) is 0 Å². The minimum atomic E-state index is -0.404. The number of benzene rings is 2. The third-order valence-electron chi connectivity index (χ3n) is 4.29. The van der Waals surface area contributed by atoms with Gasteiger partial charge < -0.3 is 21.1 Å². The molecule has 1 fully saturated rings. The number of methoxy groups -OCH3 is 1. The Bertz CT molecular complexity index is 788. The van der Waals surface area contributed by atoms with Crippen molar-refractivity contribution in [3.8, 4) is 5.75 Å².